The SMILES string of the molecule is CC1(C)Cc2nc(C(C)(C)C)ncc2[C@H](NC(=O)C(C)(C)N2CCCC2)C1. The summed E-state index contributed by atoms with van der Waals surface area (Å²) in [4.78, 5) is 25.0. The summed E-state index contributed by atoms with van der Waals surface area (Å²) in [6.07, 6.45) is 6.15. The quantitative estimate of drug-likeness (QED) is 0.877. The van der Waals surface area contributed by atoms with Crippen molar-refractivity contribution in [2.45, 2.75) is 91.1 Å². The van der Waals surface area contributed by atoms with Gasteiger partial charge in [0.1, 0.15) is 5.82 Å². The third-order valence-corrected chi connectivity index (χ3v) is 6.11. The van der Waals surface area contributed by atoms with Gasteiger partial charge in [-0.05, 0) is 58.0 Å². The molecular formula is C22H36N4O. The van der Waals surface area contributed by atoms with Crippen LogP contribution in [-0.2, 0) is 16.6 Å². The number of fused-ring (bicyclic) bond motifs is 1. The van der Waals surface area contributed by atoms with Crippen LogP contribution in [0.3, 0.4) is 0 Å². The van der Waals surface area contributed by atoms with Crippen molar-refractivity contribution in [2.24, 2.45) is 5.41 Å². The first kappa shape index (κ1) is 20.2. The van der Waals surface area contributed by atoms with Crippen LogP contribution in [0.25, 0.3) is 0 Å². The number of hydrogen-bond donors (Lipinski definition) is 1. The molecule has 0 bridgehead atoms. The highest BCUT2D eigenvalue weighted by molar-refractivity contribution is 5.85. The molecule has 1 fully saturated rings. The number of hydrogen-bond acceptors (Lipinski definition) is 4. The van der Waals surface area contributed by atoms with Crippen LogP contribution < -0.4 is 5.32 Å². The Kier molecular flexibility index (Phi) is 5.13. The van der Waals surface area contributed by atoms with Gasteiger partial charge < -0.3 is 5.32 Å². The summed E-state index contributed by atoms with van der Waals surface area (Å²) in [5, 5.41) is 3.35. The molecule has 2 heterocycles. The fourth-order valence-electron chi connectivity index (χ4n) is 4.29. The lowest BCUT2D eigenvalue weighted by atomic mass is 9.74. The summed E-state index contributed by atoms with van der Waals surface area (Å²) < 4.78 is 0. The molecule has 1 atom stereocenters. The average molecular weight is 373 g/mol. The van der Waals surface area contributed by atoms with E-state index in [4.69, 9.17) is 4.98 Å². The monoisotopic (exact) mass is 372 g/mol. The van der Waals surface area contributed by atoms with E-state index in [2.05, 4.69) is 49.8 Å². The van der Waals surface area contributed by atoms with E-state index in [0.29, 0.717) is 0 Å². The minimum atomic E-state index is -0.482. The average Bonchev–Trinajstić information content (AvgIpc) is 3.07. The number of carbonyl (C=O) groups excluding carboxylic acids is 1. The van der Waals surface area contributed by atoms with E-state index >= 15 is 0 Å². The minimum absolute atomic E-state index is 0.0212. The zero-order valence-electron chi connectivity index (χ0n) is 18.1. The van der Waals surface area contributed by atoms with Gasteiger partial charge >= 0.3 is 0 Å². The van der Waals surface area contributed by atoms with Crippen molar-refractivity contribution in [3.05, 3.63) is 23.3 Å². The smallest absolute Gasteiger partial charge is 0.240 e. The highest BCUT2D eigenvalue weighted by Gasteiger charge is 2.40. The van der Waals surface area contributed by atoms with E-state index in [-0.39, 0.29) is 22.8 Å². The number of carbonyl (C=O) groups is 1. The van der Waals surface area contributed by atoms with Gasteiger partial charge in [-0.25, -0.2) is 9.97 Å². The Morgan fingerprint density at radius 2 is 1.81 bits per heavy atom. The molecule has 0 spiro atoms. The van der Waals surface area contributed by atoms with Gasteiger partial charge in [0.05, 0.1) is 11.6 Å². The largest absolute Gasteiger partial charge is 0.348 e. The maximum absolute atomic E-state index is 13.2. The van der Waals surface area contributed by atoms with Crippen molar-refractivity contribution in [1.82, 2.24) is 20.2 Å². The molecule has 2 aliphatic rings. The first-order chi connectivity index (χ1) is 12.4. The van der Waals surface area contributed by atoms with Crippen molar-refractivity contribution in [2.75, 3.05) is 13.1 Å². The minimum Gasteiger partial charge on any atom is -0.348 e. The van der Waals surface area contributed by atoms with Gasteiger partial charge in [-0.1, -0.05) is 34.6 Å². The molecule has 27 heavy (non-hydrogen) atoms. The van der Waals surface area contributed by atoms with E-state index in [9.17, 15) is 4.79 Å². The zero-order valence-corrected chi connectivity index (χ0v) is 18.1. The summed E-state index contributed by atoms with van der Waals surface area (Å²) in [5.74, 6) is 0.986. The summed E-state index contributed by atoms with van der Waals surface area (Å²) in [7, 11) is 0. The molecule has 0 radical (unpaired) electrons. The van der Waals surface area contributed by atoms with Gasteiger partial charge in [0.15, 0.2) is 0 Å². The first-order valence-corrected chi connectivity index (χ1v) is 10.3. The van der Waals surface area contributed by atoms with E-state index in [1.165, 1.54) is 12.8 Å². The molecule has 1 aromatic rings. The van der Waals surface area contributed by atoms with E-state index in [0.717, 1.165) is 43.0 Å². The molecule has 5 heteroatoms. The van der Waals surface area contributed by atoms with Crippen LogP contribution in [0, 0.1) is 5.41 Å². The Bertz CT molecular complexity index is 712. The van der Waals surface area contributed by atoms with Gasteiger partial charge in [-0.15, -0.1) is 0 Å². The predicted molar refractivity (Wildman–Crippen MR) is 109 cm³/mol. The van der Waals surface area contributed by atoms with Crippen LogP contribution in [0.5, 0.6) is 0 Å². The summed E-state index contributed by atoms with van der Waals surface area (Å²) in [5.41, 5.74) is 1.73. The lowest BCUT2D eigenvalue weighted by molar-refractivity contribution is -0.132. The molecule has 1 saturated heterocycles. The Balaban J connectivity index is 1.87. The topological polar surface area (TPSA) is 58.1 Å². The number of likely N-dealkylation sites (tertiary alicyclic amines) is 1. The van der Waals surface area contributed by atoms with Gasteiger partial charge in [0, 0.05) is 22.9 Å². The van der Waals surface area contributed by atoms with Gasteiger partial charge in [0.25, 0.3) is 0 Å². The molecule has 5 nitrogen and oxygen atoms in total. The number of nitrogens with one attached hydrogen (secondary N) is 1. The molecule has 0 unspecified atom stereocenters. The van der Waals surface area contributed by atoms with Gasteiger partial charge in [-0.2, -0.15) is 0 Å². The molecule has 1 amide bonds. The summed E-state index contributed by atoms with van der Waals surface area (Å²) >= 11 is 0. The highest BCUT2D eigenvalue weighted by atomic mass is 16.2. The Hall–Kier alpha value is -1.49. The van der Waals surface area contributed by atoms with Gasteiger partial charge in [-0.3, -0.25) is 9.69 Å². The van der Waals surface area contributed by atoms with Crippen LogP contribution in [0.2, 0.25) is 0 Å². The third-order valence-electron chi connectivity index (χ3n) is 6.11. The molecule has 3 rings (SSSR count). The predicted octanol–water partition coefficient (Wildman–Crippen LogP) is 3.78. The Morgan fingerprint density at radius 3 is 2.41 bits per heavy atom. The number of amides is 1. The molecule has 1 aliphatic heterocycles. The molecule has 0 saturated carbocycles. The van der Waals surface area contributed by atoms with E-state index < -0.39 is 5.54 Å². The fourth-order valence-corrected chi connectivity index (χ4v) is 4.29. The fraction of sp³-hybridized carbons (Fsp3) is 0.773. The lowest BCUT2D eigenvalue weighted by Crippen LogP contribution is -2.55. The normalized spacial score (nSPS) is 23.1. The summed E-state index contributed by atoms with van der Waals surface area (Å²) in [6, 6.07) is -0.0212. The van der Waals surface area contributed by atoms with Crippen LogP contribution in [-0.4, -0.2) is 39.4 Å². The third kappa shape index (κ3) is 4.18. The van der Waals surface area contributed by atoms with Crippen LogP contribution in [0.1, 0.15) is 90.9 Å². The van der Waals surface area contributed by atoms with Crippen LogP contribution in [0.15, 0.2) is 6.20 Å². The number of rotatable bonds is 3. The van der Waals surface area contributed by atoms with Crippen molar-refractivity contribution in [3.8, 4) is 0 Å². The molecular weight excluding hydrogens is 336 g/mol. The van der Waals surface area contributed by atoms with E-state index in [1.54, 1.807) is 0 Å². The highest BCUT2D eigenvalue weighted by Crippen LogP contribution is 2.40. The van der Waals surface area contributed by atoms with Crippen molar-refractivity contribution in [3.63, 3.8) is 0 Å². The Labute approximate surface area is 164 Å². The van der Waals surface area contributed by atoms with Crippen molar-refractivity contribution >= 4 is 5.91 Å². The van der Waals surface area contributed by atoms with Crippen molar-refractivity contribution < 1.29 is 4.79 Å². The lowest BCUT2D eigenvalue weighted by Gasteiger charge is -2.40. The molecule has 0 aromatic carbocycles. The molecule has 1 N–H and O–H groups in total. The second-order valence-corrected chi connectivity index (χ2v) is 10.7. The van der Waals surface area contributed by atoms with Crippen LogP contribution in [0.4, 0.5) is 0 Å². The first-order valence-electron chi connectivity index (χ1n) is 10.3. The molecule has 1 aromatic heterocycles. The maximum atomic E-state index is 13.2. The maximum Gasteiger partial charge on any atom is 0.240 e. The number of nitrogens with zero attached hydrogens (tertiary/aromatic N) is 3. The summed E-state index contributed by atoms with van der Waals surface area (Å²) in [6.45, 7) is 17.0. The second-order valence-electron chi connectivity index (χ2n) is 10.7. The van der Waals surface area contributed by atoms with Crippen molar-refractivity contribution in [1.29, 1.82) is 0 Å². The number of aromatic nitrogens is 2. The molecule has 1 aliphatic carbocycles. The van der Waals surface area contributed by atoms with Crippen LogP contribution >= 0.6 is 0 Å². The second kappa shape index (κ2) is 6.84. The van der Waals surface area contributed by atoms with Gasteiger partial charge in [0.2, 0.25) is 5.91 Å². The van der Waals surface area contributed by atoms with E-state index in [1.807, 2.05) is 20.0 Å². The zero-order chi connectivity index (χ0) is 20.0. The standard InChI is InChI=1S/C22H36N4O/c1-20(2,3)18-23-14-15-16(24-18)12-21(4,5)13-17(15)25-19(27)22(6,7)26-10-8-9-11-26/h14,17H,8-13H2,1-7H3,(H,25,27)/t17-/m1/s1. The molecule has 150 valence electrons. The Morgan fingerprint density at radius 1 is 1.19 bits per heavy atom.